The molecule has 23 heavy (non-hydrogen) atoms. The first-order valence-electron chi connectivity index (χ1n) is 8.32. The Hall–Kier alpha value is -1.49. The maximum absolute atomic E-state index is 11.9. The Labute approximate surface area is 139 Å². The van der Waals surface area contributed by atoms with Crippen LogP contribution in [0.25, 0.3) is 0 Å². The maximum Gasteiger partial charge on any atom is 0.313 e. The van der Waals surface area contributed by atoms with Gasteiger partial charge in [-0.2, -0.15) is 0 Å². The summed E-state index contributed by atoms with van der Waals surface area (Å²) in [6.45, 7) is 13.4. The quantitative estimate of drug-likeness (QED) is 0.614. The van der Waals surface area contributed by atoms with Crippen molar-refractivity contribution in [1.29, 1.82) is 0 Å². The topological polar surface area (TPSA) is 44.8 Å². The Morgan fingerprint density at radius 2 is 2.00 bits per heavy atom. The van der Waals surface area contributed by atoms with Gasteiger partial charge in [0.25, 0.3) is 0 Å². The van der Waals surface area contributed by atoms with Crippen LogP contribution in [0.15, 0.2) is 18.2 Å². The maximum atomic E-state index is 11.9. The van der Waals surface area contributed by atoms with Crippen LogP contribution in [0.1, 0.15) is 39.2 Å². The molecule has 126 valence electrons. The first-order valence-corrected chi connectivity index (χ1v) is 11.2. The first kappa shape index (κ1) is 16.4. The lowest BCUT2D eigenvalue weighted by atomic mass is 10.1. The van der Waals surface area contributed by atoms with Crippen LogP contribution in [0.2, 0.25) is 18.1 Å². The molecule has 3 rings (SSSR count). The van der Waals surface area contributed by atoms with Gasteiger partial charge in [-0.05, 0) is 43.3 Å². The summed E-state index contributed by atoms with van der Waals surface area (Å²) in [6, 6.07) is 6.00. The fraction of sp³-hybridized carbons (Fsp3) is 0.611. The van der Waals surface area contributed by atoms with Gasteiger partial charge in [0.1, 0.15) is 23.5 Å². The van der Waals surface area contributed by atoms with Crippen molar-refractivity contribution in [3.8, 4) is 11.5 Å². The normalized spacial score (nSPS) is 25.2. The predicted octanol–water partition coefficient (Wildman–Crippen LogP) is 4.11. The minimum absolute atomic E-state index is 0.0489. The lowest BCUT2D eigenvalue weighted by Crippen LogP contribution is -2.43. The number of benzene rings is 1. The summed E-state index contributed by atoms with van der Waals surface area (Å²) in [6.07, 6.45) is -0.0489. The molecule has 1 aliphatic heterocycles. The summed E-state index contributed by atoms with van der Waals surface area (Å²) >= 11 is 0. The lowest BCUT2D eigenvalue weighted by molar-refractivity contribution is -0.145. The van der Waals surface area contributed by atoms with Crippen molar-refractivity contribution in [2.75, 3.05) is 6.61 Å². The smallest absolute Gasteiger partial charge is 0.313 e. The van der Waals surface area contributed by atoms with E-state index in [1.807, 2.05) is 19.1 Å². The van der Waals surface area contributed by atoms with E-state index >= 15 is 0 Å². The second-order valence-electron chi connectivity index (χ2n) is 7.95. The van der Waals surface area contributed by atoms with Gasteiger partial charge in [-0.25, -0.2) is 0 Å². The van der Waals surface area contributed by atoms with Crippen LogP contribution < -0.4 is 9.16 Å². The van der Waals surface area contributed by atoms with Crippen molar-refractivity contribution in [3.05, 3.63) is 23.8 Å². The van der Waals surface area contributed by atoms with Gasteiger partial charge >= 0.3 is 5.97 Å². The molecule has 0 amide bonds. The van der Waals surface area contributed by atoms with Crippen molar-refractivity contribution in [3.63, 3.8) is 0 Å². The van der Waals surface area contributed by atoms with E-state index in [1.165, 1.54) is 0 Å². The van der Waals surface area contributed by atoms with E-state index in [2.05, 4.69) is 39.9 Å². The van der Waals surface area contributed by atoms with Crippen molar-refractivity contribution in [2.24, 2.45) is 5.92 Å². The molecule has 1 heterocycles. The summed E-state index contributed by atoms with van der Waals surface area (Å²) < 4.78 is 17.4. The van der Waals surface area contributed by atoms with Crippen LogP contribution in [0.4, 0.5) is 0 Å². The van der Waals surface area contributed by atoms with Crippen LogP contribution >= 0.6 is 0 Å². The zero-order chi connectivity index (χ0) is 17.0. The van der Waals surface area contributed by atoms with Crippen LogP contribution in [-0.2, 0) is 9.53 Å². The molecule has 1 saturated carbocycles. The number of carbonyl (C=O) groups excluding carboxylic acids is 1. The van der Waals surface area contributed by atoms with Gasteiger partial charge in [-0.1, -0.05) is 20.8 Å². The number of hydrogen-bond acceptors (Lipinski definition) is 4. The SMILES string of the molecule is CCOC(=O)[C@@H]1[C@H]2Oc3ccc(O[Si](C)(C)C(C)(C)C)cc3[C@H]21. The van der Waals surface area contributed by atoms with Crippen molar-refractivity contribution >= 4 is 14.3 Å². The molecule has 0 bridgehead atoms. The molecule has 1 fully saturated rings. The second kappa shape index (κ2) is 5.26. The van der Waals surface area contributed by atoms with Gasteiger partial charge in [0.05, 0.1) is 6.61 Å². The fourth-order valence-corrected chi connectivity index (χ4v) is 3.89. The summed E-state index contributed by atoms with van der Waals surface area (Å²) in [5, 5.41) is 0.151. The van der Waals surface area contributed by atoms with Gasteiger partial charge < -0.3 is 13.9 Å². The van der Waals surface area contributed by atoms with Gasteiger partial charge in [0.2, 0.25) is 8.32 Å². The number of fused-ring (bicyclic) bond motifs is 3. The molecule has 0 spiro atoms. The highest BCUT2D eigenvalue weighted by molar-refractivity contribution is 6.74. The van der Waals surface area contributed by atoms with Gasteiger partial charge in [-0.15, -0.1) is 0 Å². The Morgan fingerprint density at radius 3 is 2.61 bits per heavy atom. The molecule has 0 aromatic heterocycles. The van der Waals surface area contributed by atoms with Crippen LogP contribution in [0.5, 0.6) is 11.5 Å². The van der Waals surface area contributed by atoms with Gasteiger partial charge in [-0.3, -0.25) is 4.79 Å². The van der Waals surface area contributed by atoms with Crippen molar-refractivity contribution in [1.82, 2.24) is 0 Å². The van der Waals surface area contributed by atoms with Crippen molar-refractivity contribution < 1.29 is 18.7 Å². The van der Waals surface area contributed by atoms with E-state index < -0.39 is 8.32 Å². The molecule has 0 N–H and O–H groups in total. The first-order chi connectivity index (χ1) is 10.7. The molecule has 2 aliphatic rings. The molecule has 4 nitrogen and oxygen atoms in total. The van der Waals surface area contributed by atoms with Crippen molar-refractivity contribution in [2.45, 2.75) is 57.8 Å². The van der Waals surface area contributed by atoms with Crippen LogP contribution in [0.3, 0.4) is 0 Å². The van der Waals surface area contributed by atoms with E-state index in [-0.39, 0.29) is 28.9 Å². The van der Waals surface area contributed by atoms with Crippen LogP contribution in [-0.4, -0.2) is 27.0 Å². The highest BCUT2D eigenvalue weighted by Crippen LogP contribution is 2.59. The minimum atomic E-state index is -1.87. The molecule has 1 aromatic rings. The molecule has 1 aliphatic carbocycles. The molecule has 0 unspecified atom stereocenters. The second-order valence-corrected chi connectivity index (χ2v) is 12.7. The average molecular weight is 334 g/mol. The predicted molar refractivity (Wildman–Crippen MR) is 91.5 cm³/mol. The third-order valence-electron chi connectivity index (χ3n) is 5.30. The summed E-state index contributed by atoms with van der Waals surface area (Å²) in [7, 11) is -1.87. The fourth-order valence-electron chi connectivity index (χ4n) is 2.87. The lowest BCUT2D eigenvalue weighted by Gasteiger charge is -2.36. The molecule has 0 saturated heterocycles. The number of esters is 1. The molecule has 1 aromatic carbocycles. The number of carbonyl (C=O) groups is 1. The molecular weight excluding hydrogens is 308 g/mol. The molecular formula is C18H26O4Si. The standard InChI is InChI=1S/C18H26O4Si/c1-7-20-17(19)15-14-12-10-11(8-9-13(12)21-16(14)15)22-23(5,6)18(2,3)4/h8-10,14-16H,7H2,1-6H3/t14-,15-,16-/m0/s1. The highest BCUT2D eigenvalue weighted by atomic mass is 28.4. The number of ether oxygens (including phenoxy) is 2. The Balaban J connectivity index is 1.78. The average Bonchev–Trinajstić information content (AvgIpc) is 3.02. The third kappa shape index (κ3) is 2.75. The minimum Gasteiger partial charge on any atom is -0.543 e. The van der Waals surface area contributed by atoms with Gasteiger partial charge in [0, 0.05) is 11.5 Å². The van der Waals surface area contributed by atoms with E-state index in [0.717, 1.165) is 17.1 Å². The van der Waals surface area contributed by atoms with E-state index in [1.54, 1.807) is 0 Å². The molecule has 0 radical (unpaired) electrons. The largest absolute Gasteiger partial charge is 0.543 e. The Kier molecular flexibility index (Phi) is 3.75. The monoisotopic (exact) mass is 334 g/mol. The Bertz CT molecular complexity index is 632. The summed E-state index contributed by atoms with van der Waals surface area (Å²) in [5.41, 5.74) is 1.09. The molecule has 3 atom stereocenters. The summed E-state index contributed by atoms with van der Waals surface area (Å²) in [5.74, 6) is 1.60. The molecule has 5 heteroatoms. The zero-order valence-corrected chi connectivity index (χ0v) is 15.8. The van der Waals surface area contributed by atoms with Gasteiger partial charge in [0.15, 0.2) is 0 Å². The zero-order valence-electron chi connectivity index (χ0n) is 14.8. The highest BCUT2D eigenvalue weighted by Gasteiger charge is 2.63. The number of rotatable bonds is 4. The van der Waals surface area contributed by atoms with E-state index in [0.29, 0.717) is 6.61 Å². The number of hydrogen-bond donors (Lipinski definition) is 0. The van der Waals surface area contributed by atoms with E-state index in [4.69, 9.17) is 13.9 Å². The van der Waals surface area contributed by atoms with Crippen LogP contribution in [0, 0.1) is 5.92 Å². The van der Waals surface area contributed by atoms with E-state index in [9.17, 15) is 4.79 Å². The Morgan fingerprint density at radius 1 is 1.30 bits per heavy atom. The summed E-state index contributed by atoms with van der Waals surface area (Å²) in [4.78, 5) is 11.9. The third-order valence-corrected chi connectivity index (χ3v) is 9.65.